The molecule has 7 heteroatoms. The molecule has 1 N–H and O–H groups in total. The molecule has 0 amide bonds. The minimum atomic E-state index is -0.409. The Kier molecular flexibility index (Phi) is 5.57. The summed E-state index contributed by atoms with van der Waals surface area (Å²) in [5, 5.41) is 21.3. The van der Waals surface area contributed by atoms with Crippen molar-refractivity contribution in [1.29, 1.82) is 0 Å². The number of imidazole rings is 1. The molecule has 2 rings (SSSR count). The third kappa shape index (κ3) is 3.80. The Morgan fingerprint density at radius 1 is 1.52 bits per heavy atom. The lowest BCUT2D eigenvalue weighted by Crippen LogP contribution is -2.03. The van der Waals surface area contributed by atoms with Gasteiger partial charge in [-0.05, 0) is 12.0 Å². The van der Waals surface area contributed by atoms with Gasteiger partial charge in [0.2, 0.25) is 0 Å². The van der Waals surface area contributed by atoms with Crippen LogP contribution in [0.5, 0.6) is 0 Å². The van der Waals surface area contributed by atoms with Crippen LogP contribution in [0.3, 0.4) is 0 Å². The molecule has 0 saturated carbocycles. The standard InChI is InChI=1S/C16H19N3O3S/c1-4-8-18-14(10-20)17-15(11(2)3)16(18)23-13-7-5-6-12(9-13)19(21)22/h4-7,9,11,20H,1,8,10H2,2-3H3. The summed E-state index contributed by atoms with van der Waals surface area (Å²) >= 11 is 1.41. The molecule has 2 aromatic rings. The number of hydrogen-bond donors (Lipinski definition) is 1. The van der Waals surface area contributed by atoms with Crippen molar-refractivity contribution in [2.45, 2.75) is 42.8 Å². The van der Waals surface area contributed by atoms with E-state index in [1.165, 1.54) is 17.8 Å². The maximum atomic E-state index is 10.9. The molecule has 0 spiro atoms. The zero-order chi connectivity index (χ0) is 17.0. The summed E-state index contributed by atoms with van der Waals surface area (Å²) in [4.78, 5) is 15.8. The fourth-order valence-corrected chi connectivity index (χ4v) is 3.42. The Balaban J connectivity index is 2.48. The average molecular weight is 333 g/mol. The molecule has 0 unspecified atom stereocenters. The van der Waals surface area contributed by atoms with Gasteiger partial charge in [-0.3, -0.25) is 10.1 Å². The zero-order valence-corrected chi connectivity index (χ0v) is 13.9. The lowest BCUT2D eigenvalue weighted by atomic mass is 10.1. The van der Waals surface area contributed by atoms with Gasteiger partial charge in [0.25, 0.3) is 5.69 Å². The minimum absolute atomic E-state index is 0.0539. The van der Waals surface area contributed by atoms with E-state index in [0.717, 1.165) is 15.6 Å². The summed E-state index contributed by atoms with van der Waals surface area (Å²) in [6.45, 7) is 8.15. The van der Waals surface area contributed by atoms with E-state index < -0.39 is 4.92 Å². The van der Waals surface area contributed by atoms with Crippen LogP contribution in [0.25, 0.3) is 0 Å². The van der Waals surface area contributed by atoms with Gasteiger partial charge in [0.15, 0.2) is 0 Å². The molecule has 23 heavy (non-hydrogen) atoms. The van der Waals surface area contributed by atoms with Gasteiger partial charge in [-0.15, -0.1) is 6.58 Å². The van der Waals surface area contributed by atoms with E-state index >= 15 is 0 Å². The van der Waals surface area contributed by atoms with Crippen LogP contribution < -0.4 is 0 Å². The maximum absolute atomic E-state index is 10.9. The van der Waals surface area contributed by atoms with Crippen LogP contribution in [0.2, 0.25) is 0 Å². The quantitative estimate of drug-likeness (QED) is 0.474. The van der Waals surface area contributed by atoms with Gasteiger partial charge in [0.1, 0.15) is 17.5 Å². The van der Waals surface area contributed by atoms with E-state index in [-0.39, 0.29) is 18.2 Å². The van der Waals surface area contributed by atoms with Crippen molar-refractivity contribution < 1.29 is 10.0 Å². The third-order valence-corrected chi connectivity index (χ3v) is 4.38. The number of non-ortho nitro benzene ring substituents is 1. The zero-order valence-electron chi connectivity index (χ0n) is 13.1. The first-order valence-electron chi connectivity index (χ1n) is 7.21. The predicted molar refractivity (Wildman–Crippen MR) is 89.7 cm³/mol. The fraction of sp³-hybridized carbons (Fsp3) is 0.312. The van der Waals surface area contributed by atoms with Gasteiger partial charge in [-0.25, -0.2) is 4.98 Å². The first-order valence-corrected chi connectivity index (χ1v) is 8.03. The summed E-state index contributed by atoms with van der Waals surface area (Å²) in [6.07, 6.45) is 1.74. The molecule has 6 nitrogen and oxygen atoms in total. The highest BCUT2D eigenvalue weighted by Crippen LogP contribution is 2.36. The smallest absolute Gasteiger partial charge is 0.270 e. The van der Waals surface area contributed by atoms with Crippen LogP contribution >= 0.6 is 11.8 Å². The number of aliphatic hydroxyl groups is 1. The predicted octanol–water partition coefficient (Wildman–Crippen LogP) is 3.74. The van der Waals surface area contributed by atoms with Gasteiger partial charge in [0.05, 0.1) is 10.6 Å². The highest BCUT2D eigenvalue weighted by atomic mass is 32.2. The monoisotopic (exact) mass is 333 g/mol. The molecule has 1 aromatic carbocycles. The molecule has 1 aromatic heterocycles. The second kappa shape index (κ2) is 7.43. The van der Waals surface area contributed by atoms with Crippen LogP contribution in [-0.4, -0.2) is 19.6 Å². The van der Waals surface area contributed by atoms with Gasteiger partial charge in [0, 0.05) is 23.6 Å². The van der Waals surface area contributed by atoms with E-state index in [4.69, 9.17) is 0 Å². The molecule has 0 aliphatic rings. The van der Waals surface area contributed by atoms with Gasteiger partial charge in [-0.1, -0.05) is 37.8 Å². The van der Waals surface area contributed by atoms with E-state index in [2.05, 4.69) is 11.6 Å². The summed E-state index contributed by atoms with van der Waals surface area (Å²) < 4.78 is 1.89. The molecule has 0 saturated heterocycles. The first-order chi connectivity index (χ1) is 11.0. The van der Waals surface area contributed by atoms with Crippen molar-refractivity contribution in [1.82, 2.24) is 9.55 Å². The van der Waals surface area contributed by atoms with E-state index in [9.17, 15) is 15.2 Å². The van der Waals surface area contributed by atoms with Crippen LogP contribution in [0, 0.1) is 10.1 Å². The number of aliphatic hydroxyl groups excluding tert-OH is 1. The maximum Gasteiger partial charge on any atom is 0.270 e. The Bertz CT molecular complexity index is 725. The number of aromatic nitrogens is 2. The summed E-state index contributed by atoms with van der Waals surface area (Å²) in [5.74, 6) is 0.745. The van der Waals surface area contributed by atoms with Crippen molar-refractivity contribution in [2.75, 3.05) is 0 Å². The molecule has 0 fully saturated rings. The Hall–Kier alpha value is -2.12. The summed E-state index contributed by atoms with van der Waals surface area (Å²) in [5.41, 5.74) is 0.922. The normalized spacial score (nSPS) is 11.0. The lowest BCUT2D eigenvalue weighted by molar-refractivity contribution is -0.385. The number of nitro groups is 1. The van der Waals surface area contributed by atoms with Gasteiger partial charge < -0.3 is 9.67 Å². The second-order valence-corrected chi connectivity index (χ2v) is 6.35. The molecule has 0 radical (unpaired) electrons. The van der Waals surface area contributed by atoms with E-state index in [1.807, 2.05) is 24.5 Å². The largest absolute Gasteiger partial charge is 0.388 e. The van der Waals surface area contributed by atoms with Crippen LogP contribution in [-0.2, 0) is 13.2 Å². The molecule has 0 aliphatic heterocycles. The molecule has 122 valence electrons. The van der Waals surface area contributed by atoms with Gasteiger partial charge in [-0.2, -0.15) is 0 Å². The summed E-state index contributed by atoms with van der Waals surface area (Å²) in [7, 11) is 0. The fourth-order valence-electron chi connectivity index (χ4n) is 2.20. The van der Waals surface area contributed by atoms with Gasteiger partial charge >= 0.3 is 0 Å². The lowest BCUT2D eigenvalue weighted by Gasteiger charge is -2.11. The molecule has 0 atom stereocenters. The van der Waals surface area contributed by atoms with Crippen molar-refractivity contribution >= 4 is 17.4 Å². The Morgan fingerprint density at radius 3 is 2.83 bits per heavy atom. The Morgan fingerprint density at radius 2 is 2.26 bits per heavy atom. The van der Waals surface area contributed by atoms with E-state index in [0.29, 0.717) is 12.4 Å². The number of allylic oxidation sites excluding steroid dienone is 1. The van der Waals surface area contributed by atoms with Crippen molar-refractivity contribution in [3.05, 3.63) is 58.6 Å². The molecule has 0 bridgehead atoms. The minimum Gasteiger partial charge on any atom is -0.388 e. The molecular formula is C16H19N3O3S. The van der Waals surface area contributed by atoms with Crippen molar-refractivity contribution in [3.8, 4) is 0 Å². The highest BCUT2D eigenvalue weighted by Gasteiger charge is 2.20. The number of benzene rings is 1. The van der Waals surface area contributed by atoms with Crippen LogP contribution in [0.4, 0.5) is 5.69 Å². The third-order valence-electron chi connectivity index (χ3n) is 3.27. The average Bonchev–Trinajstić information content (AvgIpc) is 2.86. The van der Waals surface area contributed by atoms with Crippen LogP contribution in [0.15, 0.2) is 46.8 Å². The topological polar surface area (TPSA) is 81.2 Å². The molecule has 1 heterocycles. The number of hydrogen-bond acceptors (Lipinski definition) is 5. The van der Waals surface area contributed by atoms with Crippen molar-refractivity contribution in [2.24, 2.45) is 0 Å². The number of nitro benzene ring substituents is 1. The Labute approximate surface area is 139 Å². The highest BCUT2D eigenvalue weighted by molar-refractivity contribution is 7.99. The second-order valence-electron chi connectivity index (χ2n) is 5.29. The molecular weight excluding hydrogens is 314 g/mol. The summed E-state index contributed by atoms with van der Waals surface area (Å²) in [6, 6.07) is 6.49. The SMILES string of the molecule is C=CCn1c(CO)nc(C(C)C)c1Sc1cccc([N+](=O)[O-])c1. The number of nitrogens with zero attached hydrogens (tertiary/aromatic N) is 3. The van der Waals surface area contributed by atoms with Crippen LogP contribution in [0.1, 0.15) is 31.3 Å². The van der Waals surface area contributed by atoms with Crippen molar-refractivity contribution in [3.63, 3.8) is 0 Å². The number of rotatable bonds is 7. The molecule has 0 aliphatic carbocycles. The first kappa shape index (κ1) is 17.2. The van der Waals surface area contributed by atoms with E-state index in [1.54, 1.807) is 18.2 Å².